The lowest BCUT2D eigenvalue weighted by Gasteiger charge is -2.14. The Morgan fingerprint density at radius 1 is 1.28 bits per heavy atom. The average Bonchev–Trinajstić information content (AvgIpc) is 2.27. The molecule has 0 fully saturated rings. The van der Waals surface area contributed by atoms with Crippen molar-refractivity contribution in [3.8, 4) is 0 Å². The second-order valence-corrected chi connectivity index (χ2v) is 4.96. The van der Waals surface area contributed by atoms with Crippen molar-refractivity contribution in [2.45, 2.75) is 33.2 Å². The first-order valence-corrected chi connectivity index (χ1v) is 6.03. The summed E-state index contributed by atoms with van der Waals surface area (Å²) >= 11 is 0. The monoisotopic (exact) mass is 248 g/mol. The molecule has 0 bridgehead atoms. The molecular formula is C14H20N2O2. The first-order valence-electron chi connectivity index (χ1n) is 6.03. The van der Waals surface area contributed by atoms with E-state index in [1.54, 1.807) is 12.1 Å². The number of Topliss-reactive ketones (excluding diaryl/α,β-unsaturated/α-hetero) is 2. The number of benzene rings is 1. The predicted molar refractivity (Wildman–Crippen MR) is 72.6 cm³/mol. The SMILES string of the molecule is CC(=O)c1ccc(N)c(C(=O)C(N)CC(C)C)c1. The van der Waals surface area contributed by atoms with E-state index in [1.165, 1.54) is 13.0 Å². The van der Waals surface area contributed by atoms with Crippen LogP contribution in [0, 0.1) is 5.92 Å². The van der Waals surface area contributed by atoms with E-state index in [2.05, 4.69) is 0 Å². The van der Waals surface area contributed by atoms with Gasteiger partial charge in [-0.3, -0.25) is 9.59 Å². The van der Waals surface area contributed by atoms with Crippen LogP contribution in [0.3, 0.4) is 0 Å². The van der Waals surface area contributed by atoms with Gasteiger partial charge in [-0.15, -0.1) is 0 Å². The highest BCUT2D eigenvalue weighted by molar-refractivity contribution is 6.06. The van der Waals surface area contributed by atoms with Gasteiger partial charge in [0.1, 0.15) is 0 Å². The molecule has 0 aromatic heterocycles. The van der Waals surface area contributed by atoms with Gasteiger partial charge < -0.3 is 11.5 Å². The van der Waals surface area contributed by atoms with Crippen LogP contribution < -0.4 is 11.5 Å². The van der Waals surface area contributed by atoms with Gasteiger partial charge >= 0.3 is 0 Å². The van der Waals surface area contributed by atoms with Crippen molar-refractivity contribution in [1.82, 2.24) is 0 Å². The van der Waals surface area contributed by atoms with E-state index in [-0.39, 0.29) is 11.6 Å². The van der Waals surface area contributed by atoms with Crippen molar-refractivity contribution in [1.29, 1.82) is 0 Å². The topological polar surface area (TPSA) is 86.2 Å². The lowest BCUT2D eigenvalue weighted by Crippen LogP contribution is -2.32. The Bertz CT molecular complexity index is 467. The number of anilines is 1. The van der Waals surface area contributed by atoms with Crippen LogP contribution in [0.4, 0.5) is 5.69 Å². The van der Waals surface area contributed by atoms with Crippen LogP contribution in [-0.2, 0) is 0 Å². The predicted octanol–water partition coefficient (Wildman–Crippen LogP) is 2.03. The highest BCUT2D eigenvalue weighted by Gasteiger charge is 2.20. The second kappa shape index (κ2) is 5.78. The van der Waals surface area contributed by atoms with E-state index < -0.39 is 6.04 Å². The zero-order chi connectivity index (χ0) is 13.9. The van der Waals surface area contributed by atoms with Crippen molar-refractivity contribution >= 4 is 17.3 Å². The van der Waals surface area contributed by atoms with Gasteiger partial charge in [0.05, 0.1) is 6.04 Å². The largest absolute Gasteiger partial charge is 0.398 e. The lowest BCUT2D eigenvalue weighted by molar-refractivity contribution is 0.0952. The normalized spacial score (nSPS) is 12.5. The molecule has 4 heteroatoms. The fraction of sp³-hybridized carbons (Fsp3) is 0.429. The Morgan fingerprint density at radius 3 is 2.39 bits per heavy atom. The Kier molecular flexibility index (Phi) is 4.62. The van der Waals surface area contributed by atoms with Crippen LogP contribution >= 0.6 is 0 Å². The lowest BCUT2D eigenvalue weighted by atomic mass is 9.94. The van der Waals surface area contributed by atoms with Crippen LogP contribution in [-0.4, -0.2) is 17.6 Å². The highest BCUT2D eigenvalue weighted by Crippen LogP contribution is 2.18. The fourth-order valence-corrected chi connectivity index (χ4v) is 1.80. The van der Waals surface area contributed by atoms with Crippen molar-refractivity contribution in [2.75, 3.05) is 5.73 Å². The summed E-state index contributed by atoms with van der Waals surface area (Å²) in [6.45, 7) is 5.46. The van der Waals surface area contributed by atoms with E-state index in [0.717, 1.165) is 0 Å². The van der Waals surface area contributed by atoms with Crippen molar-refractivity contribution in [2.24, 2.45) is 11.7 Å². The summed E-state index contributed by atoms with van der Waals surface area (Å²) in [5, 5.41) is 0. The summed E-state index contributed by atoms with van der Waals surface area (Å²) in [6, 6.07) is 4.14. The van der Waals surface area contributed by atoms with Crippen LogP contribution in [0.2, 0.25) is 0 Å². The van der Waals surface area contributed by atoms with Gasteiger partial charge in [-0.1, -0.05) is 13.8 Å². The third-order valence-corrected chi connectivity index (χ3v) is 2.79. The molecule has 0 spiro atoms. The minimum Gasteiger partial charge on any atom is -0.398 e. The van der Waals surface area contributed by atoms with E-state index in [9.17, 15) is 9.59 Å². The molecule has 0 aliphatic carbocycles. The number of ketones is 2. The molecule has 18 heavy (non-hydrogen) atoms. The quantitative estimate of drug-likeness (QED) is 0.616. The maximum Gasteiger partial charge on any atom is 0.181 e. The minimum atomic E-state index is -0.575. The molecule has 0 radical (unpaired) electrons. The molecule has 4 N–H and O–H groups in total. The van der Waals surface area contributed by atoms with E-state index in [4.69, 9.17) is 11.5 Å². The third-order valence-electron chi connectivity index (χ3n) is 2.79. The fourth-order valence-electron chi connectivity index (χ4n) is 1.80. The van der Waals surface area contributed by atoms with Gasteiger partial charge in [0, 0.05) is 16.8 Å². The maximum atomic E-state index is 12.2. The standard InChI is InChI=1S/C14H20N2O2/c1-8(2)6-13(16)14(18)11-7-10(9(3)17)4-5-12(11)15/h4-5,7-8,13H,6,15-16H2,1-3H3. The van der Waals surface area contributed by atoms with Gasteiger partial charge in [-0.25, -0.2) is 0 Å². The second-order valence-electron chi connectivity index (χ2n) is 4.96. The molecule has 1 aromatic carbocycles. The molecule has 98 valence electrons. The molecule has 0 aliphatic heterocycles. The van der Waals surface area contributed by atoms with Crippen molar-refractivity contribution in [3.63, 3.8) is 0 Å². The molecule has 1 atom stereocenters. The van der Waals surface area contributed by atoms with Crippen LogP contribution in [0.15, 0.2) is 18.2 Å². The van der Waals surface area contributed by atoms with Crippen LogP contribution in [0.1, 0.15) is 47.9 Å². The number of hydrogen-bond donors (Lipinski definition) is 2. The molecule has 0 aliphatic rings. The van der Waals surface area contributed by atoms with Gasteiger partial charge in [-0.2, -0.15) is 0 Å². The smallest absolute Gasteiger partial charge is 0.181 e. The van der Waals surface area contributed by atoms with Gasteiger partial charge in [0.25, 0.3) is 0 Å². The summed E-state index contributed by atoms with van der Waals surface area (Å²) < 4.78 is 0. The van der Waals surface area contributed by atoms with Crippen LogP contribution in [0.25, 0.3) is 0 Å². The number of carbonyl (C=O) groups is 2. The summed E-state index contributed by atoms with van der Waals surface area (Å²) in [7, 11) is 0. The zero-order valence-electron chi connectivity index (χ0n) is 11.1. The van der Waals surface area contributed by atoms with Crippen LogP contribution in [0.5, 0.6) is 0 Å². The molecule has 0 heterocycles. The average molecular weight is 248 g/mol. The Hall–Kier alpha value is -1.68. The number of nitrogens with two attached hydrogens (primary N) is 2. The van der Waals surface area contributed by atoms with Gasteiger partial charge in [0.2, 0.25) is 0 Å². The first-order chi connectivity index (χ1) is 8.32. The molecule has 1 unspecified atom stereocenters. The Labute approximate surface area is 107 Å². The number of carbonyl (C=O) groups excluding carboxylic acids is 2. The molecule has 0 saturated carbocycles. The molecule has 4 nitrogen and oxygen atoms in total. The summed E-state index contributed by atoms with van der Waals surface area (Å²) in [5.74, 6) is 0.0342. The molecule has 0 amide bonds. The van der Waals surface area contributed by atoms with Gasteiger partial charge in [0.15, 0.2) is 11.6 Å². The number of rotatable bonds is 5. The Balaban J connectivity index is 3.04. The first kappa shape index (κ1) is 14.4. The van der Waals surface area contributed by atoms with E-state index in [0.29, 0.717) is 29.2 Å². The maximum absolute atomic E-state index is 12.2. The summed E-state index contributed by atoms with van der Waals surface area (Å²) in [5.41, 5.74) is 12.8. The van der Waals surface area contributed by atoms with Gasteiger partial charge in [-0.05, 0) is 37.5 Å². The zero-order valence-corrected chi connectivity index (χ0v) is 11.1. The Morgan fingerprint density at radius 2 is 1.89 bits per heavy atom. The number of hydrogen-bond acceptors (Lipinski definition) is 4. The summed E-state index contributed by atoms with van der Waals surface area (Å²) in [6.07, 6.45) is 0.600. The van der Waals surface area contributed by atoms with Crippen molar-refractivity contribution < 1.29 is 9.59 Å². The molecule has 0 saturated heterocycles. The number of nitrogen functional groups attached to an aromatic ring is 1. The minimum absolute atomic E-state index is 0.0959. The highest BCUT2D eigenvalue weighted by atomic mass is 16.1. The molecule has 1 aromatic rings. The molecular weight excluding hydrogens is 228 g/mol. The van der Waals surface area contributed by atoms with E-state index >= 15 is 0 Å². The third kappa shape index (κ3) is 3.40. The molecule has 1 rings (SSSR count). The van der Waals surface area contributed by atoms with E-state index in [1.807, 2.05) is 13.8 Å². The van der Waals surface area contributed by atoms with Crippen molar-refractivity contribution in [3.05, 3.63) is 29.3 Å². The summed E-state index contributed by atoms with van der Waals surface area (Å²) in [4.78, 5) is 23.5.